The summed E-state index contributed by atoms with van der Waals surface area (Å²) in [5, 5.41) is 31.4. The summed E-state index contributed by atoms with van der Waals surface area (Å²) in [6.45, 7) is -2.21. The molecule has 0 aliphatic carbocycles. The zero-order valence-corrected chi connectivity index (χ0v) is 29.5. The SMILES string of the molecule is NC(=O)c1ccc[n+]([C@H]2O[C@H](COP(=O)([O-])OP(=O)([O-])OC[C@H]3O[C@@H](n4cnc5c(N)ncnc54)[C@H](OP(=O)(O)O)[C@@H]3O)[C@@H](O)[C@H]2O)c1.[Na+]. The summed E-state index contributed by atoms with van der Waals surface area (Å²) < 4.78 is 67.4. The summed E-state index contributed by atoms with van der Waals surface area (Å²) in [6, 6.07) is 2.76. The number of amides is 1. The molecule has 264 valence electrons. The number of hydrogen-bond acceptors (Lipinski definition) is 19. The summed E-state index contributed by atoms with van der Waals surface area (Å²) in [5.74, 6) is -0.876. The first-order valence-corrected chi connectivity index (χ1v) is 17.8. The van der Waals surface area contributed by atoms with E-state index in [0.29, 0.717) is 0 Å². The zero-order chi connectivity index (χ0) is 35.2. The van der Waals surface area contributed by atoms with Crippen molar-refractivity contribution >= 4 is 46.4 Å². The largest absolute Gasteiger partial charge is 1.00 e. The van der Waals surface area contributed by atoms with Gasteiger partial charge in [0.2, 0.25) is 0 Å². The van der Waals surface area contributed by atoms with E-state index in [0.717, 1.165) is 17.2 Å². The smallest absolute Gasteiger partial charge is 0.756 e. The van der Waals surface area contributed by atoms with Crippen molar-refractivity contribution in [1.82, 2.24) is 19.5 Å². The summed E-state index contributed by atoms with van der Waals surface area (Å²) in [4.78, 5) is 66.6. The number of nitrogen functional groups attached to an aromatic ring is 1. The number of carbonyl (C=O) groups is 1. The van der Waals surface area contributed by atoms with Gasteiger partial charge in [-0.15, -0.1) is 0 Å². The summed E-state index contributed by atoms with van der Waals surface area (Å²) >= 11 is 0. The number of anilines is 1. The number of aliphatic hydroxyl groups excluding tert-OH is 3. The third kappa shape index (κ3) is 9.33. The van der Waals surface area contributed by atoms with E-state index in [2.05, 4.69) is 32.8 Å². The molecule has 24 nitrogen and oxygen atoms in total. The number of pyridine rings is 1. The van der Waals surface area contributed by atoms with Gasteiger partial charge in [0.15, 0.2) is 36.2 Å². The summed E-state index contributed by atoms with van der Waals surface area (Å²) in [7, 11) is -16.9. The Morgan fingerprint density at radius 3 is 2.24 bits per heavy atom. The van der Waals surface area contributed by atoms with Crippen LogP contribution in [0.1, 0.15) is 22.8 Å². The zero-order valence-electron chi connectivity index (χ0n) is 24.9. The number of phosphoric ester groups is 3. The first-order chi connectivity index (χ1) is 22.4. The Labute approximate surface area is 296 Å². The van der Waals surface area contributed by atoms with Crippen molar-refractivity contribution in [3.63, 3.8) is 0 Å². The van der Waals surface area contributed by atoms with E-state index >= 15 is 0 Å². The molecule has 2 aliphatic heterocycles. The van der Waals surface area contributed by atoms with Crippen molar-refractivity contribution in [2.45, 2.75) is 49.1 Å². The molecule has 2 saturated heterocycles. The Morgan fingerprint density at radius 1 is 1.00 bits per heavy atom. The van der Waals surface area contributed by atoms with Crippen LogP contribution in [0.2, 0.25) is 0 Å². The number of nitrogens with zero attached hydrogens (tertiary/aromatic N) is 5. The van der Waals surface area contributed by atoms with Crippen LogP contribution in [0, 0.1) is 0 Å². The topological polar surface area (TPSA) is 370 Å². The number of carbonyl (C=O) groups excluding carboxylic acids is 1. The normalized spacial score (nSPS) is 29.7. The molecule has 0 bridgehead atoms. The maximum atomic E-state index is 12.4. The minimum absolute atomic E-state index is 0. The average molecular weight is 765 g/mol. The van der Waals surface area contributed by atoms with Gasteiger partial charge in [0.25, 0.3) is 27.8 Å². The molecule has 9 N–H and O–H groups in total. The fourth-order valence-corrected chi connectivity index (χ4v) is 7.38. The Hall–Kier alpha value is -1.86. The van der Waals surface area contributed by atoms with Crippen molar-refractivity contribution in [1.29, 1.82) is 0 Å². The maximum Gasteiger partial charge on any atom is 1.00 e. The van der Waals surface area contributed by atoms with Crippen molar-refractivity contribution < 1.29 is 115 Å². The van der Waals surface area contributed by atoms with E-state index in [-0.39, 0.29) is 52.1 Å². The second kappa shape index (κ2) is 15.4. The first kappa shape index (κ1) is 39.9. The molecule has 1 amide bonds. The van der Waals surface area contributed by atoms with Crippen molar-refractivity contribution in [3.8, 4) is 0 Å². The minimum atomic E-state index is -5.84. The number of aromatic nitrogens is 5. The number of rotatable bonds is 13. The fourth-order valence-electron chi connectivity index (χ4n) is 4.82. The quantitative estimate of drug-likeness (QED) is 0.0483. The van der Waals surface area contributed by atoms with Gasteiger partial charge in [-0.3, -0.25) is 23.0 Å². The third-order valence-corrected chi connectivity index (χ3v) is 10.0. The molecule has 0 aromatic carbocycles. The van der Waals surface area contributed by atoms with Gasteiger partial charge >= 0.3 is 37.4 Å². The average Bonchev–Trinajstić information content (AvgIpc) is 3.64. The van der Waals surface area contributed by atoms with Crippen LogP contribution in [0.4, 0.5) is 5.82 Å². The molecule has 0 spiro atoms. The van der Waals surface area contributed by atoms with Gasteiger partial charge in [0.05, 0.1) is 19.5 Å². The molecule has 5 heterocycles. The molecule has 3 aromatic rings. The second-order valence-corrected chi connectivity index (χ2v) is 14.4. The number of nitrogens with two attached hydrogens (primary N) is 2. The molecular formula is C21H27N7NaO17P3. The van der Waals surface area contributed by atoms with E-state index in [1.165, 1.54) is 29.1 Å². The van der Waals surface area contributed by atoms with E-state index in [4.69, 9.17) is 20.9 Å². The molecule has 49 heavy (non-hydrogen) atoms. The number of imidazole rings is 1. The molecular weight excluding hydrogens is 738 g/mol. The van der Waals surface area contributed by atoms with Crippen LogP contribution in [0.3, 0.4) is 0 Å². The van der Waals surface area contributed by atoms with Crippen LogP contribution in [0.25, 0.3) is 11.2 Å². The van der Waals surface area contributed by atoms with E-state index in [1.54, 1.807) is 0 Å². The number of hydrogen-bond donors (Lipinski definition) is 7. The summed E-state index contributed by atoms with van der Waals surface area (Å²) in [5.41, 5.74) is 11.0. The van der Waals surface area contributed by atoms with Gasteiger partial charge in [-0.05, 0) is 6.07 Å². The van der Waals surface area contributed by atoms with E-state index in [9.17, 15) is 53.4 Å². The molecule has 2 aliphatic rings. The fraction of sp³-hybridized carbons (Fsp3) is 0.476. The maximum absolute atomic E-state index is 12.4. The van der Waals surface area contributed by atoms with Crippen LogP contribution in [0.15, 0.2) is 37.2 Å². The van der Waals surface area contributed by atoms with Crippen molar-refractivity contribution in [2.75, 3.05) is 18.9 Å². The van der Waals surface area contributed by atoms with Gasteiger partial charge in [-0.2, -0.15) is 4.57 Å². The molecule has 10 atom stereocenters. The monoisotopic (exact) mass is 765 g/mol. The van der Waals surface area contributed by atoms with Gasteiger partial charge in [0, 0.05) is 6.07 Å². The van der Waals surface area contributed by atoms with Crippen LogP contribution < -0.4 is 55.4 Å². The van der Waals surface area contributed by atoms with Crippen LogP contribution in [-0.2, 0) is 41.1 Å². The van der Waals surface area contributed by atoms with E-state index < -0.39 is 91.7 Å². The Morgan fingerprint density at radius 2 is 1.63 bits per heavy atom. The van der Waals surface area contributed by atoms with Crippen LogP contribution >= 0.6 is 23.5 Å². The molecule has 0 radical (unpaired) electrons. The predicted molar refractivity (Wildman–Crippen MR) is 146 cm³/mol. The molecule has 0 saturated carbocycles. The Balaban J connectivity index is 0.00000541. The van der Waals surface area contributed by atoms with Gasteiger partial charge in [-0.25, -0.2) is 23.8 Å². The number of aliphatic hydroxyl groups is 3. The van der Waals surface area contributed by atoms with Gasteiger partial charge in [-0.1, -0.05) is 0 Å². The molecule has 28 heteroatoms. The molecule has 3 aromatic heterocycles. The first-order valence-electron chi connectivity index (χ1n) is 13.3. The molecule has 5 rings (SSSR count). The third-order valence-electron chi connectivity index (χ3n) is 6.96. The number of primary amides is 1. The Bertz CT molecular complexity index is 1820. The van der Waals surface area contributed by atoms with Crippen LogP contribution in [0.5, 0.6) is 0 Å². The van der Waals surface area contributed by atoms with E-state index in [1.807, 2.05) is 0 Å². The Kier molecular flexibility index (Phi) is 12.5. The molecule has 2 unspecified atom stereocenters. The predicted octanol–water partition coefficient (Wildman–Crippen LogP) is -7.16. The minimum Gasteiger partial charge on any atom is -0.756 e. The van der Waals surface area contributed by atoms with Gasteiger partial charge < -0.3 is 64.9 Å². The standard InChI is InChI=1S/C21H28N7O17P3.Na/c22-17-12-19(25-7-24-17)28(8-26-12)21-16(44-46(33,34)35)14(30)11(43-21)6-41-48(38,39)45-47(36,37)40-5-10-13(29)15(31)20(42-10)27-3-1-2-9(4-27)18(23)32;/h1-4,7-8,10-11,13-16,20-21,29-31H,5-6H2,(H7-,22,23,24,25,32,33,34,35,36,37,38,39);/q;+1/p-1/t10-,11-,13-,14-,15-,16-,20+,21-;/m1./s1. The molecule has 2 fully saturated rings. The van der Waals surface area contributed by atoms with Crippen LogP contribution in [-0.4, -0.2) is 100 Å². The number of phosphoric acid groups is 3. The number of ether oxygens (including phenoxy) is 2. The van der Waals surface area contributed by atoms with Crippen molar-refractivity contribution in [3.05, 3.63) is 42.7 Å². The van der Waals surface area contributed by atoms with Gasteiger partial charge in [0.1, 0.15) is 47.9 Å². The second-order valence-electron chi connectivity index (χ2n) is 10.2. The number of fused-ring (bicyclic) bond motifs is 1. The van der Waals surface area contributed by atoms with Crippen molar-refractivity contribution in [2.24, 2.45) is 5.73 Å². The summed E-state index contributed by atoms with van der Waals surface area (Å²) in [6.07, 6.45) is -8.80.